The smallest absolute Gasteiger partial charge is 0.305 e. The fraction of sp³-hybridized carbons (Fsp3) is 0.429. The van der Waals surface area contributed by atoms with Gasteiger partial charge in [0.05, 0.1) is 6.42 Å². The number of hydrogen-bond donors (Lipinski definition) is 1. The number of nitrogens with zero attached hydrogens (tertiary/aromatic N) is 1. The van der Waals surface area contributed by atoms with E-state index in [1.54, 1.807) is 29.2 Å². The molecule has 0 unspecified atom stereocenters. The Morgan fingerprint density at radius 3 is 2.16 bits per heavy atom. The van der Waals surface area contributed by atoms with E-state index in [9.17, 15) is 9.59 Å². The number of carbonyl (C=O) groups excluding carboxylic acids is 1. The highest BCUT2D eigenvalue weighted by Crippen LogP contribution is 2.19. The van der Waals surface area contributed by atoms with Gasteiger partial charge in [0.2, 0.25) is 0 Å². The average Bonchev–Trinajstić information content (AvgIpc) is 2.27. The van der Waals surface area contributed by atoms with Crippen LogP contribution >= 0.6 is 15.9 Å². The highest BCUT2D eigenvalue weighted by molar-refractivity contribution is 9.10. The van der Waals surface area contributed by atoms with E-state index in [0.29, 0.717) is 5.56 Å². The fourth-order valence-electron chi connectivity index (χ4n) is 1.70. The maximum Gasteiger partial charge on any atom is 0.305 e. The fourth-order valence-corrected chi connectivity index (χ4v) is 1.96. The molecule has 0 spiro atoms. The molecule has 1 N–H and O–H groups in total. The lowest BCUT2D eigenvalue weighted by molar-refractivity contribution is -0.137. The number of hydrogen-bond acceptors (Lipinski definition) is 2. The predicted octanol–water partition coefficient (Wildman–Crippen LogP) is 3.16. The van der Waals surface area contributed by atoms with Crippen LogP contribution < -0.4 is 0 Å². The first-order valence-electron chi connectivity index (χ1n) is 6.01. The molecule has 0 fully saturated rings. The van der Waals surface area contributed by atoms with E-state index in [4.69, 9.17) is 5.11 Å². The lowest BCUT2D eigenvalue weighted by Crippen LogP contribution is -2.46. The Morgan fingerprint density at radius 1 is 1.21 bits per heavy atom. The van der Waals surface area contributed by atoms with Crippen LogP contribution in [0.1, 0.15) is 37.6 Å². The Morgan fingerprint density at radius 2 is 1.74 bits per heavy atom. The maximum atomic E-state index is 12.4. The lowest BCUT2D eigenvalue weighted by Gasteiger charge is -2.35. The second-order valence-corrected chi connectivity index (χ2v) is 6.19. The number of halogens is 1. The quantitative estimate of drug-likeness (QED) is 0.924. The molecular formula is C14H18BrNO3. The number of benzene rings is 1. The molecule has 0 saturated heterocycles. The van der Waals surface area contributed by atoms with Crippen LogP contribution in [0.3, 0.4) is 0 Å². The van der Waals surface area contributed by atoms with Crippen molar-refractivity contribution in [2.24, 2.45) is 0 Å². The van der Waals surface area contributed by atoms with Crippen molar-refractivity contribution in [3.05, 3.63) is 34.3 Å². The summed E-state index contributed by atoms with van der Waals surface area (Å²) < 4.78 is 0.900. The SMILES string of the molecule is CC(C)(C)N(CCC(=O)O)C(=O)c1ccc(Br)cc1. The van der Waals surface area contributed by atoms with Gasteiger partial charge in [-0.05, 0) is 45.0 Å². The molecule has 0 atom stereocenters. The van der Waals surface area contributed by atoms with Crippen LogP contribution in [0.25, 0.3) is 0 Å². The highest BCUT2D eigenvalue weighted by atomic mass is 79.9. The van der Waals surface area contributed by atoms with E-state index < -0.39 is 11.5 Å². The van der Waals surface area contributed by atoms with Crippen molar-refractivity contribution >= 4 is 27.8 Å². The van der Waals surface area contributed by atoms with Crippen molar-refractivity contribution in [1.29, 1.82) is 0 Å². The molecule has 0 heterocycles. The van der Waals surface area contributed by atoms with E-state index in [1.807, 2.05) is 20.8 Å². The van der Waals surface area contributed by atoms with Crippen LogP contribution in [0.4, 0.5) is 0 Å². The zero-order valence-electron chi connectivity index (χ0n) is 11.3. The van der Waals surface area contributed by atoms with Gasteiger partial charge in [-0.2, -0.15) is 0 Å². The molecule has 4 nitrogen and oxygen atoms in total. The molecule has 0 aliphatic rings. The largest absolute Gasteiger partial charge is 0.481 e. The first-order valence-corrected chi connectivity index (χ1v) is 6.80. The number of carboxylic acid groups (broad SMARTS) is 1. The van der Waals surface area contributed by atoms with Crippen molar-refractivity contribution in [2.75, 3.05) is 6.54 Å². The molecule has 0 aromatic heterocycles. The topological polar surface area (TPSA) is 57.6 Å². The van der Waals surface area contributed by atoms with Gasteiger partial charge < -0.3 is 10.0 Å². The Kier molecular flexibility index (Phi) is 5.11. The second-order valence-electron chi connectivity index (χ2n) is 5.28. The standard InChI is InChI=1S/C14H18BrNO3/c1-14(2,3)16(9-8-12(17)18)13(19)10-4-6-11(15)7-5-10/h4-7H,8-9H2,1-3H3,(H,17,18). The van der Waals surface area contributed by atoms with E-state index >= 15 is 0 Å². The Balaban J connectivity index is 2.94. The summed E-state index contributed by atoms with van der Waals surface area (Å²) in [6.45, 7) is 5.89. The summed E-state index contributed by atoms with van der Waals surface area (Å²) in [6.07, 6.45) is -0.0560. The van der Waals surface area contributed by atoms with E-state index in [0.717, 1.165) is 4.47 Å². The first-order chi connectivity index (χ1) is 8.71. The van der Waals surface area contributed by atoms with Crippen LogP contribution in [-0.2, 0) is 4.79 Å². The minimum Gasteiger partial charge on any atom is -0.481 e. The molecule has 1 amide bonds. The van der Waals surface area contributed by atoms with Crippen molar-refractivity contribution in [3.8, 4) is 0 Å². The van der Waals surface area contributed by atoms with E-state index in [1.165, 1.54) is 0 Å². The molecular weight excluding hydrogens is 310 g/mol. The number of aliphatic carboxylic acids is 1. The summed E-state index contributed by atoms with van der Waals surface area (Å²) >= 11 is 3.32. The van der Waals surface area contributed by atoms with Gasteiger partial charge in [0.1, 0.15) is 0 Å². The van der Waals surface area contributed by atoms with Gasteiger partial charge in [-0.25, -0.2) is 0 Å². The second kappa shape index (κ2) is 6.19. The number of carboxylic acids is 1. The molecule has 0 bridgehead atoms. The molecule has 0 aliphatic carbocycles. The Bertz CT molecular complexity index is 463. The molecule has 1 rings (SSSR count). The van der Waals surface area contributed by atoms with Crippen LogP contribution in [-0.4, -0.2) is 34.0 Å². The van der Waals surface area contributed by atoms with Crippen LogP contribution in [0.15, 0.2) is 28.7 Å². The minimum atomic E-state index is -0.905. The van der Waals surface area contributed by atoms with E-state index in [2.05, 4.69) is 15.9 Å². The van der Waals surface area contributed by atoms with Crippen LogP contribution in [0.2, 0.25) is 0 Å². The molecule has 0 saturated carbocycles. The van der Waals surface area contributed by atoms with Gasteiger partial charge in [-0.3, -0.25) is 9.59 Å². The van der Waals surface area contributed by atoms with Crippen LogP contribution in [0.5, 0.6) is 0 Å². The van der Waals surface area contributed by atoms with Gasteiger partial charge in [-0.1, -0.05) is 15.9 Å². The Hall–Kier alpha value is -1.36. The molecule has 19 heavy (non-hydrogen) atoms. The predicted molar refractivity (Wildman–Crippen MR) is 77.2 cm³/mol. The summed E-state index contributed by atoms with van der Waals surface area (Å²) in [5.41, 5.74) is 0.142. The van der Waals surface area contributed by atoms with Crippen LogP contribution in [0, 0.1) is 0 Å². The highest BCUT2D eigenvalue weighted by Gasteiger charge is 2.27. The molecule has 1 aromatic carbocycles. The first kappa shape index (κ1) is 15.7. The summed E-state index contributed by atoms with van der Waals surface area (Å²) in [6, 6.07) is 7.05. The van der Waals surface area contributed by atoms with Crippen molar-refractivity contribution in [3.63, 3.8) is 0 Å². The third-order valence-corrected chi connectivity index (χ3v) is 3.22. The van der Waals surface area contributed by atoms with Crippen molar-refractivity contribution < 1.29 is 14.7 Å². The van der Waals surface area contributed by atoms with Gasteiger partial charge in [0.15, 0.2) is 0 Å². The van der Waals surface area contributed by atoms with Gasteiger partial charge in [0, 0.05) is 22.1 Å². The number of rotatable bonds is 4. The molecule has 0 radical (unpaired) electrons. The minimum absolute atomic E-state index is 0.0560. The summed E-state index contributed by atoms with van der Waals surface area (Å²) in [5.74, 6) is -1.06. The van der Waals surface area contributed by atoms with Crippen molar-refractivity contribution in [2.45, 2.75) is 32.7 Å². The monoisotopic (exact) mass is 327 g/mol. The lowest BCUT2D eigenvalue weighted by atomic mass is 10.0. The summed E-state index contributed by atoms with van der Waals surface area (Å²) in [5, 5.41) is 8.77. The van der Waals surface area contributed by atoms with Gasteiger partial charge in [-0.15, -0.1) is 0 Å². The summed E-state index contributed by atoms with van der Waals surface area (Å²) in [4.78, 5) is 24.7. The third kappa shape index (κ3) is 4.67. The molecule has 104 valence electrons. The summed E-state index contributed by atoms with van der Waals surface area (Å²) in [7, 11) is 0. The third-order valence-electron chi connectivity index (χ3n) is 2.70. The molecule has 5 heteroatoms. The number of carbonyl (C=O) groups is 2. The van der Waals surface area contributed by atoms with Gasteiger partial charge >= 0.3 is 5.97 Å². The van der Waals surface area contributed by atoms with Gasteiger partial charge in [0.25, 0.3) is 5.91 Å². The van der Waals surface area contributed by atoms with E-state index in [-0.39, 0.29) is 18.9 Å². The normalized spacial score (nSPS) is 11.2. The average molecular weight is 328 g/mol. The zero-order chi connectivity index (χ0) is 14.6. The molecule has 1 aromatic rings. The zero-order valence-corrected chi connectivity index (χ0v) is 12.9. The number of amides is 1. The maximum absolute atomic E-state index is 12.4. The Labute approximate surface area is 121 Å². The van der Waals surface area contributed by atoms with Crippen molar-refractivity contribution in [1.82, 2.24) is 4.90 Å². The molecule has 0 aliphatic heterocycles.